The Labute approximate surface area is 208 Å². The predicted octanol–water partition coefficient (Wildman–Crippen LogP) is 2.64. The van der Waals surface area contributed by atoms with E-state index in [1.165, 1.54) is 4.90 Å². The maximum absolute atomic E-state index is 13.1. The lowest BCUT2D eigenvalue weighted by Gasteiger charge is -2.50. The van der Waals surface area contributed by atoms with Crippen LogP contribution in [-0.2, 0) is 20.9 Å². The minimum atomic E-state index is -2.56. The summed E-state index contributed by atoms with van der Waals surface area (Å²) in [4.78, 5) is 40.6. The van der Waals surface area contributed by atoms with E-state index in [1.807, 2.05) is 12.1 Å². The van der Waals surface area contributed by atoms with Gasteiger partial charge in [0.2, 0.25) is 11.8 Å². The molecule has 2 saturated carbocycles. The van der Waals surface area contributed by atoms with Gasteiger partial charge in [0, 0.05) is 50.5 Å². The summed E-state index contributed by atoms with van der Waals surface area (Å²) in [6.45, 7) is 1.80. The van der Waals surface area contributed by atoms with E-state index in [2.05, 4.69) is 10.2 Å². The summed E-state index contributed by atoms with van der Waals surface area (Å²) in [6, 6.07) is 5.08. The van der Waals surface area contributed by atoms with Gasteiger partial charge in [0.15, 0.2) is 0 Å². The van der Waals surface area contributed by atoms with Gasteiger partial charge in [-0.1, -0.05) is 6.42 Å². The van der Waals surface area contributed by atoms with Crippen LogP contribution in [0.2, 0.25) is 0 Å². The van der Waals surface area contributed by atoms with E-state index >= 15 is 0 Å². The Kier molecular flexibility index (Phi) is 5.99. The summed E-state index contributed by atoms with van der Waals surface area (Å²) in [7, 11) is 0. The van der Waals surface area contributed by atoms with Gasteiger partial charge in [0.1, 0.15) is 17.9 Å². The molecule has 1 aromatic carbocycles. The van der Waals surface area contributed by atoms with Gasteiger partial charge in [-0.15, -0.1) is 0 Å². The van der Waals surface area contributed by atoms with Crippen molar-refractivity contribution in [1.82, 2.24) is 15.1 Å². The molecule has 1 aromatic rings. The Balaban J connectivity index is 1.07. The summed E-state index contributed by atoms with van der Waals surface area (Å²) >= 11 is 0. The topological polar surface area (TPSA) is 88.2 Å². The molecule has 194 valence electrons. The number of alkyl halides is 2. The van der Waals surface area contributed by atoms with Crippen LogP contribution in [0.15, 0.2) is 18.2 Å². The molecular formula is C26H31F2N3O5. The Morgan fingerprint density at radius 2 is 1.78 bits per heavy atom. The molecule has 1 unspecified atom stereocenters. The highest BCUT2D eigenvalue weighted by atomic mass is 19.3. The van der Waals surface area contributed by atoms with Crippen molar-refractivity contribution in [2.75, 3.05) is 13.1 Å². The molecule has 36 heavy (non-hydrogen) atoms. The van der Waals surface area contributed by atoms with Crippen molar-refractivity contribution >= 4 is 17.7 Å². The minimum Gasteiger partial charge on any atom is -0.489 e. The highest BCUT2D eigenvalue weighted by molar-refractivity contribution is 6.05. The van der Waals surface area contributed by atoms with Crippen molar-refractivity contribution < 1.29 is 32.6 Å². The van der Waals surface area contributed by atoms with Crippen molar-refractivity contribution in [3.05, 3.63) is 29.3 Å². The van der Waals surface area contributed by atoms with Gasteiger partial charge in [-0.05, 0) is 49.4 Å². The van der Waals surface area contributed by atoms with E-state index in [0.717, 1.165) is 44.3 Å². The van der Waals surface area contributed by atoms with Gasteiger partial charge in [0.25, 0.3) is 11.8 Å². The molecule has 0 aromatic heterocycles. The van der Waals surface area contributed by atoms with Crippen molar-refractivity contribution in [3.63, 3.8) is 0 Å². The molecule has 3 atom stereocenters. The number of likely N-dealkylation sites (tertiary alicyclic amines) is 1. The molecule has 4 fully saturated rings. The summed E-state index contributed by atoms with van der Waals surface area (Å²) in [5, 5.41) is 2.33. The van der Waals surface area contributed by atoms with E-state index < -0.39 is 17.9 Å². The smallest absolute Gasteiger partial charge is 0.255 e. The Hall–Kier alpha value is -2.59. The first kappa shape index (κ1) is 23.8. The molecule has 3 amide bonds. The van der Waals surface area contributed by atoms with Crippen LogP contribution in [0.3, 0.4) is 0 Å². The van der Waals surface area contributed by atoms with Crippen molar-refractivity contribution in [2.45, 2.75) is 94.2 Å². The predicted molar refractivity (Wildman–Crippen MR) is 124 cm³/mol. The minimum absolute atomic E-state index is 0.00845. The van der Waals surface area contributed by atoms with E-state index in [4.69, 9.17) is 9.47 Å². The average molecular weight is 504 g/mol. The third-order valence-corrected chi connectivity index (χ3v) is 8.23. The van der Waals surface area contributed by atoms with Gasteiger partial charge in [-0.3, -0.25) is 24.6 Å². The second kappa shape index (κ2) is 9.06. The fraction of sp³-hybridized carbons (Fsp3) is 0.654. The lowest BCUT2D eigenvalue weighted by atomic mass is 9.88. The standard InChI is InChI=1S/C26H31F2N3O5/c27-26(28)10-17(11-26)35-18-13-30(14-18)20-3-1-2-4-22(20)36-16-5-6-19-15(9-16)12-31(25(19)34)21-7-8-23(32)29-24(21)33/h5-6,9,17-18,20-22H,1-4,7-8,10-14H2,(H,29,32,33)/t20-,21?,22-/m1/s1. The lowest BCUT2D eigenvalue weighted by Crippen LogP contribution is -2.62. The second-order valence-electron chi connectivity index (χ2n) is 10.8. The lowest BCUT2D eigenvalue weighted by molar-refractivity contribution is -0.207. The monoisotopic (exact) mass is 503 g/mol. The Morgan fingerprint density at radius 1 is 1.00 bits per heavy atom. The molecular weight excluding hydrogens is 472 g/mol. The van der Waals surface area contributed by atoms with Crippen molar-refractivity contribution in [3.8, 4) is 5.75 Å². The van der Waals surface area contributed by atoms with Gasteiger partial charge >= 0.3 is 0 Å². The van der Waals surface area contributed by atoms with Crippen molar-refractivity contribution in [1.29, 1.82) is 0 Å². The first-order chi connectivity index (χ1) is 17.3. The molecule has 0 spiro atoms. The largest absolute Gasteiger partial charge is 0.489 e. The molecule has 3 aliphatic heterocycles. The third kappa shape index (κ3) is 4.49. The number of rotatable bonds is 6. The van der Waals surface area contributed by atoms with E-state index in [9.17, 15) is 23.2 Å². The highest BCUT2D eigenvalue weighted by Crippen LogP contribution is 2.41. The zero-order chi connectivity index (χ0) is 25.0. The van der Waals surface area contributed by atoms with Crippen LogP contribution in [0.25, 0.3) is 0 Å². The highest BCUT2D eigenvalue weighted by Gasteiger charge is 2.49. The second-order valence-corrected chi connectivity index (χ2v) is 10.8. The van der Waals surface area contributed by atoms with E-state index in [1.54, 1.807) is 6.07 Å². The number of fused-ring (bicyclic) bond motifs is 1. The summed E-state index contributed by atoms with van der Waals surface area (Å²) < 4.78 is 38.4. The number of nitrogens with zero attached hydrogens (tertiary/aromatic N) is 2. The van der Waals surface area contributed by atoms with Gasteiger partial charge in [-0.2, -0.15) is 0 Å². The zero-order valence-electron chi connectivity index (χ0n) is 20.1. The molecule has 0 radical (unpaired) electrons. The number of benzene rings is 1. The van der Waals surface area contributed by atoms with Crippen LogP contribution in [0.5, 0.6) is 5.75 Å². The number of hydrogen-bond donors (Lipinski definition) is 1. The summed E-state index contributed by atoms with van der Waals surface area (Å²) in [6.07, 6.45) is 4.09. The molecule has 8 nitrogen and oxygen atoms in total. The number of carbonyl (C=O) groups excluding carboxylic acids is 3. The number of amides is 3. The van der Waals surface area contributed by atoms with Crippen molar-refractivity contribution in [2.24, 2.45) is 0 Å². The number of piperidine rings is 1. The molecule has 3 heterocycles. The first-order valence-corrected chi connectivity index (χ1v) is 13.0. The Morgan fingerprint density at radius 3 is 2.53 bits per heavy atom. The summed E-state index contributed by atoms with van der Waals surface area (Å²) in [5.74, 6) is -2.78. The maximum Gasteiger partial charge on any atom is 0.255 e. The number of imide groups is 1. The van der Waals surface area contributed by atoms with Crippen LogP contribution in [0.1, 0.15) is 67.3 Å². The third-order valence-electron chi connectivity index (χ3n) is 8.23. The number of hydrogen-bond acceptors (Lipinski definition) is 6. The molecule has 10 heteroatoms. The van der Waals surface area contributed by atoms with E-state index in [0.29, 0.717) is 24.3 Å². The number of carbonyl (C=O) groups is 3. The quantitative estimate of drug-likeness (QED) is 0.601. The van der Waals surface area contributed by atoms with Crippen LogP contribution in [-0.4, -0.2) is 76.9 Å². The molecule has 2 aliphatic carbocycles. The normalized spacial score (nSPS) is 31.0. The SMILES string of the molecule is O=C1CCC(N2Cc3cc(O[C@@H]4CCCC[C@H]4N4CC(OC5CC(F)(F)C5)C4)ccc3C2=O)C(=O)N1. The van der Waals surface area contributed by atoms with Gasteiger partial charge < -0.3 is 14.4 Å². The van der Waals surface area contributed by atoms with Gasteiger partial charge in [0.05, 0.1) is 12.2 Å². The van der Waals surface area contributed by atoms with Crippen LogP contribution >= 0.6 is 0 Å². The fourth-order valence-electron chi connectivity index (χ4n) is 6.23. The number of halogens is 2. The van der Waals surface area contributed by atoms with Crippen LogP contribution < -0.4 is 10.1 Å². The average Bonchev–Trinajstić information content (AvgIpc) is 3.11. The number of nitrogens with one attached hydrogen (secondary N) is 1. The molecule has 0 bridgehead atoms. The van der Waals surface area contributed by atoms with Crippen LogP contribution in [0, 0.1) is 0 Å². The molecule has 1 N–H and O–H groups in total. The molecule has 5 aliphatic rings. The fourth-order valence-corrected chi connectivity index (χ4v) is 6.23. The molecule has 2 saturated heterocycles. The summed E-state index contributed by atoms with van der Waals surface area (Å²) in [5.41, 5.74) is 1.39. The van der Waals surface area contributed by atoms with Gasteiger partial charge in [-0.25, -0.2) is 8.78 Å². The zero-order valence-corrected chi connectivity index (χ0v) is 20.1. The molecule has 6 rings (SSSR count). The Bertz CT molecular complexity index is 1070. The number of ether oxygens (including phenoxy) is 2. The maximum atomic E-state index is 13.1. The van der Waals surface area contributed by atoms with Crippen LogP contribution in [0.4, 0.5) is 8.78 Å². The first-order valence-electron chi connectivity index (χ1n) is 13.0. The van der Waals surface area contributed by atoms with E-state index in [-0.39, 0.29) is 55.4 Å².